The average Bonchev–Trinajstić information content (AvgIpc) is 2.30. The van der Waals surface area contributed by atoms with Crippen molar-refractivity contribution in [2.45, 2.75) is 6.10 Å². The van der Waals surface area contributed by atoms with Gasteiger partial charge in [0.05, 0.1) is 12.7 Å². The summed E-state index contributed by atoms with van der Waals surface area (Å²) in [6.45, 7) is 0. The van der Waals surface area contributed by atoms with Crippen molar-refractivity contribution in [3.8, 4) is 0 Å². The number of methoxy groups -OCH3 is 1. The van der Waals surface area contributed by atoms with E-state index in [1.54, 1.807) is 0 Å². The van der Waals surface area contributed by atoms with Gasteiger partial charge in [0.25, 0.3) is 0 Å². The van der Waals surface area contributed by atoms with E-state index in [1.807, 2.05) is 22.6 Å². The third kappa shape index (κ3) is 3.02. The standard InChI is InChI=1S/C11H10FIO3/c1-16-11(15)9(6-13)10(14)7-2-4-8(12)5-3-7/h2-6,10,14H,1H3/b9-6-. The van der Waals surface area contributed by atoms with Crippen LogP contribution in [0.1, 0.15) is 11.7 Å². The largest absolute Gasteiger partial charge is 0.466 e. The highest BCUT2D eigenvalue weighted by Crippen LogP contribution is 2.23. The number of hydrogen-bond donors (Lipinski definition) is 1. The molecular weight excluding hydrogens is 326 g/mol. The van der Waals surface area contributed by atoms with Crippen LogP contribution in [0.15, 0.2) is 33.9 Å². The van der Waals surface area contributed by atoms with Gasteiger partial charge in [0, 0.05) is 0 Å². The molecule has 0 radical (unpaired) electrons. The van der Waals surface area contributed by atoms with Gasteiger partial charge in [-0.1, -0.05) is 34.7 Å². The summed E-state index contributed by atoms with van der Waals surface area (Å²) in [6.07, 6.45) is -1.11. The van der Waals surface area contributed by atoms with Crippen LogP contribution in [0.2, 0.25) is 0 Å². The molecule has 1 unspecified atom stereocenters. The highest BCUT2D eigenvalue weighted by Gasteiger charge is 2.20. The van der Waals surface area contributed by atoms with Gasteiger partial charge in [0.15, 0.2) is 0 Å². The lowest BCUT2D eigenvalue weighted by Crippen LogP contribution is -2.12. The Hall–Kier alpha value is -0.950. The van der Waals surface area contributed by atoms with Crippen molar-refractivity contribution in [2.75, 3.05) is 7.11 Å². The van der Waals surface area contributed by atoms with Crippen molar-refractivity contribution < 1.29 is 19.0 Å². The zero-order chi connectivity index (χ0) is 12.1. The molecule has 0 bridgehead atoms. The molecule has 0 saturated carbocycles. The summed E-state index contributed by atoms with van der Waals surface area (Å²) in [5.41, 5.74) is 0.560. The molecule has 0 heterocycles. The minimum absolute atomic E-state index is 0.120. The van der Waals surface area contributed by atoms with Gasteiger partial charge in [-0.05, 0) is 21.8 Å². The van der Waals surface area contributed by atoms with Gasteiger partial charge in [-0.3, -0.25) is 0 Å². The molecule has 0 saturated heterocycles. The number of aliphatic hydroxyl groups excluding tert-OH is 1. The van der Waals surface area contributed by atoms with Crippen LogP contribution in [0.25, 0.3) is 0 Å². The van der Waals surface area contributed by atoms with Crippen LogP contribution in [-0.2, 0) is 9.53 Å². The van der Waals surface area contributed by atoms with E-state index in [-0.39, 0.29) is 5.57 Å². The van der Waals surface area contributed by atoms with Gasteiger partial charge < -0.3 is 9.84 Å². The summed E-state index contributed by atoms with van der Waals surface area (Å²) in [4.78, 5) is 11.3. The number of halogens is 2. The Morgan fingerprint density at radius 1 is 1.50 bits per heavy atom. The minimum Gasteiger partial charge on any atom is -0.466 e. The van der Waals surface area contributed by atoms with Crippen molar-refractivity contribution in [3.63, 3.8) is 0 Å². The van der Waals surface area contributed by atoms with E-state index in [0.717, 1.165) is 0 Å². The minimum atomic E-state index is -1.11. The number of aliphatic hydroxyl groups is 1. The number of carbonyl (C=O) groups excluding carboxylic acids is 1. The summed E-state index contributed by atoms with van der Waals surface area (Å²) in [5, 5.41) is 9.88. The number of esters is 1. The zero-order valence-corrected chi connectivity index (χ0v) is 10.6. The summed E-state index contributed by atoms with van der Waals surface area (Å²) < 4.78 is 18.6. The Morgan fingerprint density at radius 2 is 2.06 bits per heavy atom. The molecule has 0 spiro atoms. The van der Waals surface area contributed by atoms with Crippen LogP contribution in [0, 0.1) is 5.82 Å². The lowest BCUT2D eigenvalue weighted by molar-refractivity contribution is -0.137. The summed E-state index contributed by atoms with van der Waals surface area (Å²) in [5.74, 6) is -1.000. The fraction of sp³-hybridized carbons (Fsp3) is 0.182. The molecule has 0 aromatic heterocycles. The fourth-order valence-corrected chi connectivity index (χ4v) is 1.75. The monoisotopic (exact) mass is 336 g/mol. The third-order valence-corrected chi connectivity index (χ3v) is 2.69. The first-order chi connectivity index (χ1) is 7.60. The molecule has 1 atom stereocenters. The Labute approximate surface area is 106 Å². The Bertz CT molecular complexity index is 400. The van der Waals surface area contributed by atoms with Crippen molar-refractivity contribution in [1.29, 1.82) is 0 Å². The molecule has 0 fully saturated rings. The maximum Gasteiger partial charge on any atom is 0.337 e. The predicted octanol–water partition coefficient (Wildman–Crippen LogP) is 2.35. The first kappa shape index (κ1) is 13.1. The van der Waals surface area contributed by atoms with Crippen LogP contribution in [-0.4, -0.2) is 18.2 Å². The van der Waals surface area contributed by atoms with E-state index in [0.29, 0.717) is 5.56 Å². The van der Waals surface area contributed by atoms with Crippen molar-refractivity contribution >= 4 is 28.6 Å². The molecule has 16 heavy (non-hydrogen) atoms. The molecule has 1 aromatic carbocycles. The normalized spacial score (nSPS) is 13.4. The van der Waals surface area contributed by atoms with Gasteiger partial charge in [0.1, 0.15) is 11.9 Å². The second-order valence-corrected chi connectivity index (χ2v) is 3.63. The number of ether oxygens (including phenoxy) is 1. The molecule has 5 heteroatoms. The Kier molecular flexibility index (Phi) is 4.88. The maximum absolute atomic E-state index is 12.7. The van der Waals surface area contributed by atoms with E-state index in [9.17, 15) is 14.3 Å². The van der Waals surface area contributed by atoms with E-state index in [4.69, 9.17) is 0 Å². The van der Waals surface area contributed by atoms with Gasteiger partial charge in [-0.15, -0.1) is 0 Å². The molecule has 1 N–H and O–H groups in total. The van der Waals surface area contributed by atoms with E-state index >= 15 is 0 Å². The molecular formula is C11H10FIO3. The van der Waals surface area contributed by atoms with Crippen molar-refractivity contribution in [3.05, 3.63) is 45.3 Å². The van der Waals surface area contributed by atoms with Crippen LogP contribution in [0.5, 0.6) is 0 Å². The van der Waals surface area contributed by atoms with Crippen molar-refractivity contribution in [2.24, 2.45) is 0 Å². The molecule has 1 rings (SSSR count). The predicted molar refractivity (Wildman–Crippen MR) is 65.5 cm³/mol. The summed E-state index contributed by atoms with van der Waals surface area (Å²) in [6, 6.07) is 5.29. The number of benzene rings is 1. The maximum atomic E-state index is 12.7. The second kappa shape index (κ2) is 5.95. The fourth-order valence-electron chi connectivity index (χ4n) is 1.16. The summed E-state index contributed by atoms with van der Waals surface area (Å²) >= 11 is 1.84. The van der Waals surface area contributed by atoms with Gasteiger partial charge >= 0.3 is 5.97 Å². The lowest BCUT2D eigenvalue weighted by Gasteiger charge is -2.12. The van der Waals surface area contributed by atoms with Gasteiger partial charge in [-0.2, -0.15) is 0 Å². The first-order valence-corrected chi connectivity index (χ1v) is 5.66. The van der Waals surface area contributed by atoms with Crippen molar-refractivity contribution in [1.82, 2.24) is 0 Å². The van der Waals surface area contributed by atoms with E-state index in [2.05, 4.69) is 4.74 Å². The number of carbonyl (C=O) groups is 1. The molecule has 86 valence electrons. The van der Waals surface area contributed by atoms with E-state index in [1.165, 1.54) is 35.5 Å². The smallest absolute Gasteiger partial charge is 0.337 e. The lowest BCUT2D eigenvalue weighted by atomic mass is 10.0. The highest BCUT2D eigenvalue weighted by molar-refractivity contribution is 14.1. The van der Waals surface area contributed by atoms with Crippen LogP contribution >= 0.6 is 22.6 Å². The summed E-state index contributed by atoms with van der Waals surface area (Å²) in [7, 11) is 1.24. The topological polar surface area (TPSA) is 46.5 Å². The molecule has 0 aliphatic rings. The quantitative estimate of drug-likeness (QED) is 0.524. The number of hydrogen-bond acceptors (Lipinski definition) is 3. The van der Waals surface area contributed by atoms with E-state index < -0.39 is 17.9 Å². The van der Waals surface area contributed by atoms with Crippen LogP contribution < -0.4 is 0 Å². The second-order valence-electron chi connectivity index (χ2n) is 3.01. The van der Waals surface area contributed by atoms with Gasteiger partial charge in [-0.25, -0.2) is 9.18 Å². The molecule has 1 aromatic rings. The first-order valence-electron chi connectivity index (χ1n) is 4.42. The highest BCUT2D eigenvalue weighted by atomic mass is 127. The van der Waals surface area contributed by atoms with Gasteiger partial charge in [0.2, 0.25) is 0 Å². The molecule has 0 aliphatic heterocycles. The SMILES string of the molecule is COC(=O)/C(=C\I)C(O)c1ccc(F)cc1. The molecule has 0 aliphatic carbocycles. The Morgan fingerprint density at radius 3 is 2.50 bits per heavy atom. The average molecular weight is 336 g/mol. The Balaban J connectivity index is 2.96. The molecule has 3 nitrogen and oxygen atoms in total. The van der Waals surface area contributed by atoms with Crippen LogP contribution in [0.4, 0.5) is 4.39 Å². The third-order valence-electron chi connectivity index (χ3n) is 2.02. The zero-order valence-electron chi connectivity index (χ0n) is 8.48. The number of rotatable bonds is 3. The molecule has 0 amide bonds. The van der Waals surface area contributed by atoms with Crippen LogP contribution in [0.3, 0.4) is 0 Å².